The minimum atomic E-state index is -4.94. The van der Waals surface area contributed by atoms with Crippen molar-refractivity contribution < 1.29 is 27.2 Å². The van der Waals surface area contributed by atoms with Gasteiger partial charge in [-0.25, -0.2) is 14.1 Å². The Balaban J connectivity index is 1.54. The Morgan fingerprint density at radius 3 is 2.09 bits per heavy atom. The van der Waals surface area contributed by atoms with Gasteiger partial charge in [0.25, 0.3) is 11.8 Å². The summed E-state index contributed by atoms with van der Waals surface area (Å²) in [6.07, 6.45) is -0.837. The largest absolute Gasteiger partial charge is 0.435 e. The van der Waals surface area contributed by atoms with Crippen molar-refractivity contribution in [2.45, 2.75) is 6.18 Å². The molecule has 1 aliphatic heterocycles. The van der Waals surface area contributed by atoms with Crippen LogP contribution < -0.4 is 0 Å². The van der Waals surface area contributed by atoms with Crippen molar-refractivity contribution in [3.63, 3.8) is 0 Å². The lowest BCUT2D eigenvalue weighted by Gasteiger charge is -2.34. The van der Waals surface area contributed by atoms with E-state index in [-0.39, 0.29) is 43.5 Å². The highest BCUT2D eigenvalue weighted by molar-refractivity contribution is 5.94. The van der Waals surface area contributed by atoms with Crippen molar-refractivity contribution in [1.82, 2.24) is 34.8 Å². The molecule has 2 aromatic heterocycles. The molecule has 1 aromatic carbocycles. The van der Waals surface area contributed by atoms with Crippen LogP contribution in [0.2, 0.25) is 0 Å². The third kappa shape index (κ3) is 4.13. The van der Waals surface area contributed by atoms with E-state index in [4.69, 9.17) is 0 Å². The van der Waals surface area contributed by atoms with Crippen LogP contribution in [0.25, 0.3) is 5.69 Å². The highest BCUT2D eigenvalue weighted by Crippen LogP contribution is 2.33. The van der Waals surface area contributed by atoms with E-state index in [9.17, 15) is 27.2 Å². The number of alkyl halides is 3. The van der Waals surface area contributed by atoms with Gasteiger partial charge in [0.05, 0.1) is 11.9 Å². The molecule has 0 saturated carbocycles. The van der Waals surface area contributed by atoms with Crippen LogP contribution in [0, 0.1) is 5.82 Å². The summed E-state index contributed by atoms with van der Waals surface area (Å²) < 4.78 is 54.9. The van der Waals surface area contributed by atoms with Crippen LogP contribution in [-0.2, 0) is 6.18 Å². The number of benzene rings is 1. The molecule has 166 valence electrons. The van der Waals surface area contributed by atoms with Crippen LogP contribution in [0.3, 0.4) is 0 Å². The van der Waals surface area contributed by atoms with Crippen LogP contribution in [-0.4, -0.2) is 72.8 Å². The van der Waals surface area contributed by atoms with E-state index in [1.807, 2.05) is 0 Å². The first kappa shape index (κ1) is 21.3. The second-order valence-corrected chi connectivity index (χ2v) is 6.85. The fourth-order valence-corrected chi connectivity index (χ4v) is 3.28. The SMILES string of the molecule is O=C(c1cnccn1)N1CCN(C(=O)c2nnn(-c3ccc(F)cc3)c2C(F)(F)F)CC1. The summed E-state index contributed by atoms with van der Waals surface area (Å²) in [7, 11) is 0. The maximum absolute atomic E-state index is 13.8. The highest BCUT2D eigenvalue weighted by atomic mass is 19.4. The van der Waals surface area contributed by atoms with Crippen LogP contribution in [0.15, 0.2) is 42.9 Å². The molecule has 4 rings (SSSR count). The minimum Gasteiger partial charge on any atom is -0.334 e. The lowest BCUT2D eigenvalue weighted by Crippen LogP contribution is -2.51. The summed E-state index contributed by atoms with van der Waals surface area (Å²) in [4.78, 5) is 35.6. The number of halogens is 4. The Bertz CT molecular complexity index is 1120. The number of carbonyl (C=O) groups excluding carboxylic acids is 2. The monoisotopic (exact) mass is 449 g/mol. The predicted octanol–water partition coefficient (Wildman–Crippen LogP) is 1.81. The molecule has 2 amide bonds. The van der Waals surface area contributed by atoms with Gasteiger partial charge < -0.3 is 9.80 Å². The number of piperazine rings is 1. The van der Waals surface area contributed by atoms with Gasteiger partial charge in [0.15, 0.2) is 11.4 Å². The summed E-state index contributed by atoms with van der Waals surface area (Å²) >= 11 is 0. The first-order valence-corrected chi connectivity index (χ1v) is 9.39. The minimum absolute atomic E-state index is 0.00550. The molecule has 0 bridgehead atoms. The van der Waals surface area contributed by atoms with E-state index in [1.54, 1.807) is 0 Å². The third-order valence-corrected chi connectivity index (χ3v) is 4.85. The summed E-state index contributed by atoms with van der Waals surface area (Å²) in [5, 5.41) is 6.95. The molecular formula is C19H15F4N7O2. The van der Waals surface area contributed by atoms with Gasteiger partial charge in [0, 0.05) is 38.6 Å². The molecule has 1 fully saturated rings. The molecule has 0 spiro atoms. The summed E-state index contributed by atoms with van der Waals surface area (Å²) in [6, 6.07) is 4.16. The lowest BCUT2D eigenvalue weighted by atomic mass is 10.2. The maximum Gasteiger partial charge on any atom is 0.435 e. The Kier molecular flexibility index (Phi) is 5.55. The van der Waals surface area contributed by atoms with Gasteiger partial charge in [0.1, 0.15) is 11.5 Å². The zero-order valence-electron chi connectivity index (χ0n) is 16.3. The van der Waals surface area contributed by atoms with E-state index in [0.29, 0.717) is 4.68 Å². The van der Waals surface area contributed by atoms with Crippen LogP contribution in [0.4, 0.5) is 17.6 Å². The van der Waals surface area contributed by atoms with Crippen LogP contribution in [0.1, 0.15) is 26.7 Å². The van der Waals surface area contributed by atoms with Crippen LogP contribution >= 0.6 is 0 Å². The quantitative estimate of drug-likeness (QED) is 0.566. The molecule has 0 unspecified atom stereocenters. The second-order valence-electron chi connectivity index (χ2n) is 6.85. The van der Waals surface area contributed by atoms with E-state index in [1.165, 1.54) is 28.4 Å². The molecule has 1 aliphatic rings. The standard InChI is InChI=1S/C19H15F4N7O2/c20-12-1-3-13(4-2-12)30-16(19(21,22)23)15(26-27-30)18(32)29-9-7-28(8-10-29)17(31)14-11-24-5-6-25-14/h1-6,11H,7-10H2. The van der Waals surface area contributed by atoms with E-state index >= 15 is 0 Å². The fraction of sp³-hybridized carbons (Fsp3) is 0.263. The number of hydrogen-bond acceptors (Lipinski definition) is 6. The Morgan fingerprint density at radius 2 is 1.53 bits per heavy atom. The van der Waals surface area contributed by atoms with Crippen LogP contribution in [0.5, 0.6) is 0 Å². The number of amides is 2. The van der Waals surface area contributed by atoms with Crippen molar-refractivity contribution in [1.29, 1.82) is 0 Å². The fourth-order valence-electron chi connectivity index (χ4n) is 3.28. The topological polar surface area (TPSA) is 97.1 Å². The van der Waals surface area contributed by atoms with Gasteiger partial charge in [-0.1, -0.05) is 5.21 Å². The van der Waals surface area contributed by atoms with Gasteiger partial charge in [-0.3, -0.25) is 14.6 Å². The Hall–Kier alpha value is -3.90. The molecule has 13 heteroatoms. The van der Waals surface area contributed by atoms with Gasteiger partial charge in [0.2, 0.25) is 0 Å². The van der Waals surface area contributed by atoms with E-state index in [0.717, 1.165) is 24.3 Å². The molecule has 0 atom stereocenters. The molecule has 0 aliphatic carbocycles. The lowest BCUT2D eigenvalue weighted by molar-refractivity contribution is -0.143. The highest BCUT2D eigenvalue weighted by Gasteiger charge is 2.43. The maximum atomic E-state index is 13.8. The van der Waals surface area contributed by atoms with Gasteiger partial charge in [-0.05, 0) is 24.3 Å². The molecule has 0 radical (unpaired) electrons. The zero-order valence-corrected chi connectivity index (χ0v) is 16.3. The molecule has 0 N–H and O–H groups in total. The number of rotatable bonds is 3. The summed E-state index contributed by atoms with van der Waals surface area (Å²) in [5.41, 5.74) is -2.18. The molecule has 3 aromatic rings. The number of nitrogens with zero attached hydrogens (tertiary/aromatic N) is 7. The average Bonchev–Trinajstić information content (AvgIpc) is 3.25. The smallest absolute Gasteiger partial charge is 0.334 e. The van der Waals surface area contributed by atoms with Crippen molar-refractivity contribution in [2.24, 2.45) is 0 Å². The molecule has 1 saturated heterocycles. The number of carbonyl (C=O) groups is 2. The second kappa shape index (κ2) is 8.32. The first-order valence-electron chi connectivity index (χ1n) is 9.39. The van der Waals surface area contributed by atoms with Gasteiger partial charge >= 0.3 is 6.18 Å². The average molecular weight is 449 g/mol. The Labute approximate surface area is 178 Å². The molecule has 32 heavy (non-hydrogen) atoms. The third-order valence-electron chi connectivity index (χ3n) is 4.85. The molecular weight excluding hydrogens is 434 g/mol. The van der Waals surface area contributed by atoms with Crippen molar-refractivity contribution in [3.05, 3.63) is 65.8 Å². The summed E-state index contributed by atoms with van der Waals surface area (Å²) in [6.45, 7) is 0.222. The molecule has 3 heterocycles. The predicted molar refractivity (Wildman–Crippen MR) is 100 cm³/mol. The van der Waals surface area contributed by atoms with E-state index in [2.05, 4.69) is 20.3 Å². The number of hydrogen-bond donors (Lipinski definition) is 0. The molecule has 9 nitrogen and oxygen atoms in total. The zero-order chi connectivity index (χ0) is 22.9. The van der Waals surface area contributed by atoms with Crippen molar-refractivity contribution in [3.8, 4) is 5.69 Å². The van der Waals surface area contributed by atoms with Gasteiger partial charge in [-0.15, -0.1) is 5.10 Å². The first-order chi connectivity index (χ1) is 15.3. The summed E-state index contributed by atoms with van der Waals surface area (Å²) in [5.74, 6) is -1.98. The van der Waals surface area contributed by atoms with E-state index < -0.39 is 29.3 Å². The Morgan fingerprint density at radius 1 is 0.906 bits per heavy atom. The normalized spacial score (nSPS) is 14.5. The van der Waals surface area contributed by atoms with Crippen molar-refractivity contribution in [2.75, 3.05) is 26.2 Å². The van der Waals surface area contributed by atoms with Gasteiger partial charge in [-0.2, -0.15) is 13.2 Å². The van der Waals surface area contributed by atoms with Crippen molar-refractivity contribution >= 4 is 11.8 Å². The number of aromatic nitrogens is 5.